The van der Waals surface area contributed by atoms with Crippen LogP contribution in [0.1, 0.15) is 24.8 Å². The van der Waals surface area contributed by atoms with E-state index in [2.05, 4.69) is 40.3 Å². The maximum Gasteiger partial charge on any atom is 0.183 e. The van der Waals surface area contributed by atoms with Crippen LogP contribution in [-0.2, 0) is 0 Å². The monoisotopic (exact) mass is 275 g/mol. The van der Waals surface area contributed by atoms with E-state index in [1.807, 2.05) is 0 Å². The van der Waals surface area contributed by atoms with Crippen LogP contribution in [-0.4, -0.2) is 36.1 Å². The van der Waals surface area contributed by atoms with E-state index in [0.717, 1.165) is 23.7 Å². The molecule has 0 spiro atoms. The smallest absolute Gasteiger partial charge is 0.183 e. The molecule has 1 fully saturated rings. The molecular weight excluding hydrogens is 254 g/mol. The van der Waals surface area contributed by atoms with Crippen molar-refractivity contribution in [3.8, 4) is 0 Å². The Kier molecular flexibility index (Phi) is 3.99. The first-order valence-corrected chi connectivity index (χ1v) is 7.96. The molecule has 3 nitrogen and oxygen atoms in total. The Labute approximate surface area is 118 Å². The van der Waals surface area contributed by atoms with Crippen LogP contribution in [0.5, 0.6) is 0 Å². The molecule has 4 heteroatoms. The zero-order valence-corrected chi connectivity index (χ0v) is 12.3. The third kappa shape index (κ3) is 3.25. The van der Waals surface area contributed by atoms with Gasteiger partial charge in [-0.3, -0.25) is 0 Å². The molecule has 0 saturated carbocycles. The molecule has 1 aliphatic rings. The molecule has 2 heterocycles. The van der Waals surface area contributed by atoms with E-state index in [4.69, 9.17) is 0 Å². The molecule has 0 unspecified atom stereocenters. The molecule has 2 aromatic rings. The number of piperidine rings is 1. The fourth-order valence-electron chi connectivity index (χ4n) is 2.61. The number of nitrogens with zero attached hydrogens (tertiary/aromatic N) is 2. The topological polar surface area (TPSA) is 28.2 Å². The Balaban J connectivity index is 1.56. The molecule has 0 radical (unpaired) electrons. The van der Waals surface area contributed by atoms with Gasteiger partial charge in [0.2, 0.25) is 0 Å². The summed E-state index contributed by atoms with van der Waals surface area (Å²) in [6, 6.07) is 6.44. The number of aryl methyl sites for hydroxylation is 1. The van der Waals surface area contributed by atoms with E-state index in [0.29, 0.717) is 0 Å². The number of nitrogens with one attached hydrogen (secondary N) is 1. The number of anilines is 1. The molecule has 0 amide bonds. The van der Waals surface area contributed by atoms with Gasteiger partial charge in [-0.1, -0.05) is 23.8 Å². The van der Waals surface area contributed by atoms with E-state index in [-0.39, 0.29) is 0 Å². The first-order chi connectivity index (χ1) is 9.31. The van der Waals surface area contributed by atoms with E-state index in [1.165, 1.54) is 42.6 Å². The quantitative estimate of drug-likeness (QED) is 0.925. The van der Waals surface area contributed by atoms with Crippen LogP contribution in [0.3, 0.4) is 0 Å². The lowest BCUT2D eigenvalue weighted by Gasteiger charge is -2.26. The number of aromatic nitrogens is 1. The average molecular weight is 275 g/mol. The molecule has 0 aliphatic carbocycles. The van der Waals surface area contributed by atoms with Gasteiger partial charge in [-0.15, -0.1) is 0 Å². The van der Waals surface area contributed by atoms with Crippen LogP contribution in [0.25, 0.3) is 10.2 Å². The van der Waals surface area contributed by atoms with Crippen molar-refractivity contribution in [3.05, 3.63) is 23.8 Å². The number of thiazole rings is 1. The second kappa shape index (κ2) is 5.88. The molecule has 0 atom stereocenters. The Hall–Kier alpha value is -1.13. The fourth-order valence-corrected chi connectivity index (χ4v) is 3.60. The van der Waals surface area contributed by atoms with Crippen LogP contribution in [0, 0.1) is 6.92 Å². The number of hydrogen-bond donors (Lipinski definition) is 1. The third-order valence-electron chi connectivity index (χ3n) is 3.70. The lowest BCUT2D eigenvalue weighted by atomic mass is 10.1. The highest BCUT2D eigenvalue weighted by Gasteiger charge is 2.09. The van der Waals surface area contributed by atoms with Crippen LogP contribution in [0.2, 0.25) is 0 Å². The number of likely N-dealkylation sites (tertiary alicyclic amines) is 1. The van der Waals surface area contributed by atoms with E-state index < -0.39 is 0 Å². The standard InChI is InChI=1S/C15H21N3S/c1-12-5-6-13-14(11-12)19-15(17-13)16-7-10-18-8-3-2-4-9-18/h5-6,11H,2-4,7-10H2,1H3,(H,16,17). The summed E-state index contributed by atoms with van der Waals surface area (Å²) < 4.78 is 1.28. The molecule has 102 valence electrons. The van der Waals surface area contributed by atoms with Gasteiger partial charge in [0.05, 0.1) is 10.2 Å². The van der Waals surface area contributed by atoms with E-state index >= 15 is 0 Å². The van der Waals surface area contributed by atoms with Crippen molar-refractivity contribution in [2.24, 2.45) is 0 Å². The summed E-state index contributed by atoms with van der Waals surface area (Å²) in [5.41, 5.74) is 2.41. The molecule has 1 aliphatic heterocycles. The van der Waals surface area contributed by atoms with Crippen molar-refractivity contribution in [3.63, 3.8) is 0 Å². The normalized spacial score (nSPS) is 16.9. The Bertz CT molecular complexity index is 543. The maximum atomic E-state index is 4.63. The molecule has 0 bridgehead atoms. The van der Waals surface area contributed by atoms with Gasteiger partial charge in [0.15, 0.2) is 5.13 Å². The second-order valence-corrected chi connectivity index (χ2v) is 6.35. The molecular formula is C15H21N3S. The lowest BCUT2D eigenvalue weighted by molar-refractivity contribution is 0.237. The van der Waals surface area contributed by atoms with Gasteiger partial charge >= 0.3 is 0 Å². The predicted molar refractivity (Wildman–Crippen MR) is 83.1 cm³/mol. The Morgan fingerprint density at radius 3 is 2.95 bits per heavy atom. The van der Waals surface area contributed by atoms with Crippen molar-refractivity contribution in [2.45, 2.75) is 26.2 Å². The van der Waals surface area contributed by atoms with Gasteiger partial charge in [-0.2, -0.15) is 0 Å². The number of benzene rings is 1. The van der Waals surface area contributed by atoms with Crippen molar-refractivity contribution in [1.29, 1.82) is 0 Å². The lowest BCUT2D eigenvalue weighted by Crippen LogP contribution is -2.33. The summed E-state index contributed by atoms with van der Waals surface area (Å²) in [6.45, 7) is 6.79. The van der Waals surface area contributed by atoms with Crippen LogP contribution >= 0.6 is 11.3 Å². The fraction of sp³-hybridized carbons (Fsp3) is 0.533. The summed E-state index contributed by atoms with van der Waals surface area (Å²) in [6.07, 6.45) is 4.13. The van der Waals surface area contributed by atoms with E-state index in [1.54, 1.807) is 11.3 Å². The van der Waals surface area contributed by atoms with Crippen molar-refractivity contribution in [2.75, 3.05) is 31.5 Å². The second-order valence-electron chi connectivity index (χ2n) is 5.32. The number of fused-ring (bicyclic) bond motifs is 1. The van der Waals surface area contributed by atoms with Crippen LogP contribution in [0.15, 0.2) is 18.2 Å². The molecule has 1 saturated heterocycles. The number of rotatable bonds is 4. The summed E-state index contributed by atoms with van der Waals surface area (Å²) in [5.74, 6) is 0. The average Bonchev–Trinajstić information content (AvgIpc) is 2.82. The van der Waals surface area contributed by atoms with Crippen molar-refractivity contribution in [1.82, 2.24) is 9.88 Å². The van der Waals surface area contributed by atoms with Crippen LogP contribution in [0.4, 0.5) is 5.13 Å². The highest BCUT2D eigenvalue weighted by molar-refractivity contribution is 7.22. The molecule has 3 rings (SSSR count). The minimum absolute atomic E-state index is 0.999. The highest BCUT2D eigenvalue weighted by Crippen LogP contribution is 2.26. The van der Waals surface area contributed by atoms with Crippen LogP contribution < -0.4 is 5.32 Å². The summed E-state index contributed by atoms with van der Waals surface area (Å²) >= 11 is 1.76. The largest absolute Gasteiger partial charge is 0.360 e. The summed E-state index contributed by atoms with van der Waals surface area (Å²) in [4.78, 5) is 7.17. The minimum Gasteiger partial charge on any atom is -0.360 e. The first kappa shape index (κ1) is 12.9. The molecule has 1 aromatic carbocycles. The first-order valence-electron chi connectivity index (χ1n) is 7.15. The Morgan fingerprint density at radius 1 is 1.26 bits per heavy atom. The Morgan fingerprint density at radius 2 is 2.11 bits per heavy atom. The SMILES string of the molecule is Cc1ccc2nc(NCCN3CCCCC3)sc2c1. The van der Waals surface area contributed by atoms with Gasteiger partial charge < -0.3 is 10.2 Å². The predicted octanol–water partition coefficient (Wildman–Crippen LogP) is 3.50. The van der Waals surface area contributed by atoms with Crippen molar-refractivity contribution < 1.29 is 0 Å². The summed E-state index contributed by atoms with van der Waals surface area (Å²) in [7, 11) is 0. The minimum atomic E-state index is 0.999. The molecule has 1 N–H and O–H groups in total. The van der Waals surface area contributed by atoms with Gasteiger partial charge in [0.1, 0.15) is 0 Å². The van der Waals surface area contributed by atoms with Gasteiger partial charge in [0, 0.05) is 13.1 Å². The number of hydrogen-bond acceptors (Lipinski definition) is 4. The van der Waals surface area contributed by atoms with Gasteiger partial charge in [-0.25, -0.2) is 4.98 Å². The zero-order valence-electron chi connectivity index (χ0n) is 11.5. The van der Waals surface area contributed by atoms with E-state index in [9.17, 15) is 0 Å². The molecule has 1 aromatic heterocycles. The van der Waals surface area contributed by atoms with Crippen molar-refractivity contribution >= 4 is 26.7 Å². The summed E-state index contributed by atoms with van der Waals surface area (Å²) in [5, 5.41) is 4.52. The zero-order chi connectivity index (χ0) is 13.1. The van der Waals surface area contributed by atoms with Gasteiger partial charge in [-0.05, 0) is 50.6 Å². The third-order valence-corrected chi connectivity index (χ3v) is 4.67. The molecule has 19 heavy (non-hydrogen) atoms. The van der Waals surface area contributed by atoms with Gasteiger partial charge in [0.25, 0.3) is 0 Å². The highest BCUT2D eigenvalue weighted by atomic mass is 32.1. The maximum absolute atomic E-state index is 4.63.